The lowest BCUT2D eigenvalue weighted by Gasteiger charge is -2.24. The molecule has 1 atom stereocenters. The second-order valence-electron chi connectivity index (χ2n) is 6.89. The minimum atomic E-state index is -0.351. The third kappa shape index (κ3) is 3.99. The van der Waals surface area contributed by atoms with Gasteiger partial charge >= 0.3 is 0 Å². The van der Waals surface area contributed by atoms with E-state index in [9.17, 15) is 9.59 Å². The third-order valence-corrected chi connectivity index (χ3v) is 5.84. The van der Waals surface area contributed by atoms with Gasteiger partial charge in [-0.15, -0.1) is 11.3 Å². The lowest BCUT2D eigenvalue weighted by Crippen LogP contribution is -2.39. The van der Waals surface area contributed by atoms with E-state index in [2.05, 4.69) is 5.10 Å². The topological polar surface area (TPSA) is 75.3 Å². The zero-order valence-corrected chi connectivity index (χ0v) is 17.5. The van der Waals surface area contributed by atoms with Crippen LogP contribution in [0.3, 0.4) is 0 Å². The van der Waals surface area contributed by atoms with Crippen molar-refractivity contribution in [3.8, 4) is 5.75 Å². The van der Waals surface area contributed by atoms with E-state index in [1.54, 1.807) is 37.6 Å². The number of hydrazone groups is 1. The molecule has 0 saturated carbocycles. The van der Waals surface area contributed by atoms with Crippen molar-refractivity contribution in [3.05, 3.63) is 76.4 Å². The van der Waals surface area contributed by atoms with Crippen molar-refractivity contribution in [1.29, 1.82) is 0 Å². The molecular formula is C22H21N3O4S. The highest BCUT2D eigenvalue weighted by Crippen LogP contribution is 2.34. The molecule has 1 unspecified atom stereocenters. The number of methoxy groups -OCH3 is 1. The Morgan fingerprint density at radius 3 is 2.67 bits per heavy atom. The first kappa shape index (κ1) is 19.9. The standard InChI is InChI=1S/C22H21N3O4S/c1-24(22(27)19-5-3-11-29-19)14-21(26)25-18(15-7-9-16(28-2)10-8-15)13-17(23-25)20-6-4-12-30-20/h3-12,18H,13-14H2,1-2H3. The zero-order chi connectivity index (χ0) is 21.1. The molecule has 2 amide bonds. The van der Waals surface area contributed by atoms with E-state index in [-0.39, 0.29) is 30.2 Å². The molecule has 30 heavy (non-hydrogen) atoms. The van der Waals surface area contributed by atoms with E-state index in [4.69, 9.17) is 9.15 Å². The van der Waals surface area contributed by atoms with E-state index >= 15 is 0 Å². The van der Waals surface area contributed by atoms with Gasteiger partial charge in [-0.25, -0.2) is 5.01 Å². The fraction of sp³-hybridized carbons (Fsp3) is 0.227. The highest BCUT2D eigenvalue weighted by Gasteiger charge is 2.34. The van der Waals surface area contributed by atoms with Crippen LogP contribution in [0.4, 0.5) is 0 Å². The second-order valence-corrected chi connectivity index (χ2v) is 7.84. The number of hydrogen-bond acceptors (Lipinski definition) is 6. The molecule has 4 rings (SSSR count). The Labute approximate surface area is 178 Å². The molecule has 0 spiro atoms. The van der Waals surface area contributed by atoms with Crippen LogP contribution >= 0.6 is 11.3 Å². The van der Waals surface area contributed by atoms with Crippen molar-refractivity contribution in [2.75, 3.05) is 20.7 Å². The average molecular weight is 423 g/mol. The highest BCUT2D eigenvalue weighted by atomic mass is 32.1. The van der Waals surface area contributed by atoms with Gasteiger partial charge in [0, 0.05) is 13.5 Å². The summed E-state index contributed by atoms with van der Waals surface area (Å²) in [4.78, 5) is 27.9. The van der Waals surface area contributed by atoms with Crippen molar-refractivity contribution in [3.63, 3.8) is 0 Å². The summed E-state index contributed by atoms with van der Waals surface area (Å²) in [6.07, 6.45) is 2.04. The minimum absolute atomic E-state index is 0.104. The summed E-state index contributed by atoms with van der Waals surface area (Å²) in [5.74, 6) is 0.333. The number of nitrogens with zero attached hydrogens (tertiary/aromatic N) is 3. The van der Waals surface area contributed by atoms with E-state index in [1.807, 2.05) is 41.8 Å². The molecule has 0 bridgehead atoms. The quantitative estimate of drug-likeness (QED) is 0.604. The maximum atomic E-state index is 13.1. The largest absolute Gasteiger partial charge is 0.497 e. The Bertz CT molecular complexity index is 1040. The van der Waals surface area contributed by atoms with Crippen LogP contribution in [0.25, 0.3) is 0 Å². The van der Waals surface area contributed by atoms with Gasteiger partial charge < -0.3 is 14.1 Å². The maximum absolute atomic E-state index is 13.1. The number of likely N-dealkylation sites (N-methyl/N-ethyl adjacent to an activating group) is 1. The Balaban J connectivity index is 1.57. The van der Waals surface area contributed by atoms with Gasteiger partial charge in [0.05, 0.1) is 30.0 Å². The second kappa shape index (κ2) is 8.54. The van der Waals surface area contributed by atoms with Crippen LogP contribution in [-0.4, -0.2) is 48.1 Å². The molecular weight excluding hydrogens is 402 g/mol. The van der Waals surface area contributed by atoms with Gasteiger partial charge in [-0.1, -0.05) is 18.2 Å². The molecule has 1 aromatic carbocycles. The zero-order valence-electron chi connectivity index (χ0n) is 16.6. The molecule has 1 aliphatic rings. The molecule has 0 saturated heterocycles. The number of rotatable bonds is 6. The van der Waals surface area contributed by atoms with Gasteiger partial charge in [0.25, 0.3) is 11.8 Å². The normalized spacial score (nSPS) is 15.7. The molecule has 0 aliphatic carbocycles. The number of hydrogen-bond donors (Lipinski definition) is 0. The number of carbonyl (C=O) groups is 2. The fourth-order valence-corrected chi connectivity index (χ4v) is 4.07. The number of ether oxygens (including phenoxy) is 1. The van der Waals surface area contributed by atoms with Gasteiger partial charge in [0.2, 0.25) is 0 Å². The number of thiophene rings is 1. The van der Waals surface area contributed by atoms with Gasteiger partial charge in [-0.2, -0.15) is 5.10 Å². The van der Waals surface area contributed by atoms with Gasteiger partial charge in [-0.3, -0.25) is 9.59 Å². The molecule has 154 valence electrons. The summed E-state index contributed by atoms with van der Waals surface area (Å²) in [6, 6.07) is 14.5. The van der Waals surface area contributed by atoms with Crippen LogP contribution in [0, 0.1) is 0 Å². The average Bonchev–Trinajstić information content (AvgIpc) is 3.54. The number of amides is 2. The van der Waals surface area contributed by atoms with E-state index in [0.717, 1.165) is 21.9 Å². The molecule has 3 aromatic rings. The van der Waals surface area contributed by atoms with Crippen LogP contribution in [-0.2, 0) is 4.79 Å². The fourth-order valence-electron chi connectivity index (χ4n) is 3.35. The summed E-state index contributed by atoms with van der Waals surface area (Å²) in [5.41, 5.74) is 1.82. The van der Waals surface area contributed by atoms with E-state index in [0.29, 0.717) is 6.42 Å². The molecule has 0 fully saturated rings. The lowest BCUT2D eigenvalue weighted by atomic mass is 10.0. The minimum Gasteiger partial charge on any atom is -0.497 e. The predicted molar refractivity (Wildman–Crippen MR) is 114 cm³/mol. The van der Waals surface area contributed by atoms with Crippen LogP contribution in [0.1, 0.15) is 33.5 Å². The monoisotopic (exact) mass is 423 g/mol. The first-order valence-corrected chi connectivity index (χ1v) is 10.3. The van der Waals surface area contributed by atoms with Gasteiger partial charge in [0.15, 0.2) is 5.76 Å². The first-order chi connectivity index (χ1) is 14.6. The lowest BCUT2D eigenvalue weighted by molar-refractivity contribution is -0.133. The summed E-state index contributed by atoms with van der Waals surface area (Å²) < 4.78 is 10.4. The Hall–Kier alpha value is -3.39. The Kier molecular flexibility index (Phi) is 5.67. The first-order valence-electron chi connectivity index (χ1n) is 9.43. The summed E-state index contributed by atoms with van der Waals surface area (Å²) in [5, 5.41) is 8.10. The van der Waals surface area contributed by atoms with Gasteiger partial charge in [0.1, 0.15) is 12.3 Å². The highest BCUT2D eigenvalue weighted by molar-refractivity contribution is 7.12. The van der Waals surface area contributed by atoms with Crippen molar-refractivity contribution in [2.24, 2.45) is 5.10 Å². The molecule has 0 radical (unpaired) electrons. The van der Waals surface area contributed by atoms with Crippen molar-refractivity contribution in [2.45, 2.75) is 12.5 Å². The van der Waals surface area contributed by atoms with Crippen LogP contribution in [0.15, 0.2) is 69.7 Å². The number of furan rings is 1. The van der Waals surface area contributed by atoms with Crippen LogP contribution in [0.5, 0.6) is 5.75 Å². The van der Waals surface area contributed by atoms with Crippen molar-refractivity contribution < 1.29 is 18.7 Å². The van der Waals surface area contributed by atoms with Crippen LogP contribution in [0.2, 0.25) is 0 Å². The third-order valence-electron chi connectivity index (χ3n) is 4.92. The molecule has 8 heteroatoms. The number of benzene rings is 1. The summed E-state index contributed by atoms with van der Waals surface area (Å²) in [6.45, 7) is -0.104. The Morgan fingerprint density at radius 2 is 2.03 bits per heavy atom. The summed E-state index contributed by atoms with van der Waals surface area (Å²) >= 11 is 1.59. The number of carbonyl (C=O) groups excluding carboxylic acids is 2. The molecule has 0 N–H and O–H groups in total. The van der Waals surface area contributed by atoms with Crippen molar-refractivity contribution >= 4 is 28.9 Å². The van der Waals surface area contributed by atoms with Crippen LogP contribution < -0.4 is 4.74 Å². The predicted octanol–water partition coefficient (Wildman–Crippen LogP) is 3.80. The van der Waals surface area contributed by atoms with E-state index in [1.165, 1.54) is 16.2 Å². The molecule has 2 aromatic heterocycles. The Morgan fingerprint density at radius 1 is 1.23 bits per heavy atom. The molecule has 3 heterocycles. The smallest absolute Gasteiger partial charge is 0.289 e. The SMILES string of the molecule is COc1ccc(C2CC(c3cccs3)=NN2C(=O)CN(C)C(=O)c2ccco2)cc1. The van der Waals surface area contributed by atoms with Gasteiger partial charge in [-0.05, 0) is 41.3 Å². The summed E-state index contributed by atoms with van der Waals surface area (Å²) in [7, 11) is 3.19. The van der Waals surface area contributed by atoms with E-state index < -0.39 is 0 Å². The molecule has 7 nitrogen and oxygen atoms in total. The maximum Gasteiger partial charge on any atom is 0.289 e. The van der Waals surface area contributed by atoms with Crippen molar-refractivity contribution in [1.82, 2.24) is 9.91 Å². The molecule has 1 aliphatic heterocycles.